The van der Waals surface area contributed by atoms with Crippen LogP contribution in [-0.2, 0) is 17.7 Å². The van der Waals surface area contributed by atoms with Crippen LogP contribution in [0.5, 0.6) is 0 Å². The summed E-state index contributed by atoms with van der Waals surface area (Å²) in [5, 5.41) is 14.6. The summed E-state index contributed by atoms with van der Waals surface area (Å²) in [7, 11) is 1.79. The van der Waals surface area contributed by atoms with Crippen LogP contribution < -0.4 is 10.2 Å². The molecule has 6 rings (SSSR count). The van der Waals surface area contributed by atoms with Crippen LogP contribution in [0, 0.1) is 5.41 Å². The van der Waals surface area contributed by atoms with Crippen molar-refractivity contribution >= 4 is 17.5 Å². The number of amides is 2. The van der Waals surface area contributed by atoms with E-state index in [4.69, 9.17) is 4.74 Å². The van der Waals surface area contributed by atoms with Crippen molar-refractivity contribution in [3.05, 3.63) is 64.7 Å². The highest BCUT2D eigenvalue weighted by molar-refractivity contribution is 6.03. The molecule has 0 unspecified atom stereocenters. The molecule has 2 atom stereocenters. The predicted octanol–water partition coefficient (Wildman–Crippen LogP) is 3.08. The van der Waals surface area contributed by atoms with E-state index in [1.165, 1.54) is 11.1 Å². The Hall–Kier alpha value is -2.94. The number of piperidine rings is 1. The van der Waals surface area contributed by atoms with Gasteiger partial charge in [-0.05, 0) is 73.8 Å². The van der Waals surface area contributed by atoms with E-state index in [0.717, 1.165) is 64.0 Å². The molecule has 0 radical (unpaired) electrons. The molecular formula is C32H42N4O4. The Bertz CT molecular complexity index is 1250. The number of rotatable bonds is 6. The normalized spacial score (nSPS) is 23.3. The average molecular weight is 547 g/mol. The van der Waals surface area contributed by atoms with Crippen molar-refractivity contribution in [2.45, 2.75) is 63.8 Å². The second-order valence-electron chi connectivity index (χ2n) is 12.1. The van der Waals surface area contributed by atoms with Crippen molar-refractivity contribution in [2.24, 2.45) is 5.41 Å². The summed E-state index contributed by atoms with van der Waals surface area (Å²) in [5.74, 6) is -0.0400. The first-order valence-corrected chi connectivity index (χ1v) is 14.9. The fraction of sp³-hybridized carbons (Fsp3) is 0.562. The SMILES string of the molecule is CCN1CCN(C[C@@H](O)[C@@H]2Cc3ccccc3CN2)C(=O)c2ccc(C(=O)N3CCC4(CC3)CC(OC)C4)cc21. The van der Waals surface area contributed by atoms with Gasteiger partial charge in [-0.15, -0.1) is 0 Å². The maximum Gasteiger partial charge on any atom is 0.256 e. The van der Waals surface area contributed by atoms with Crippen molar-refractivity contribution in [1.82, 2.24) is 15.1 Å². The van der Waals surface area contributed by atoms with E-state index < -0.39 is 6.10 Å². The van der Waals surface area contributed by atoms with E-state index in [1.54, 1.807) is 18.1 Å². The number of aliphatic hydroxyl groups excluding tert-OH is 1. The number of hydrogen-bond donors (Lipinski definition) is 2. The van der Waals surface area contributed by atoms with E-state index in [0.29, 0.717) is 35.7 Å². The maximum atomic E-state index is 13.7. The molecule has 1 saturated carbocycles. The molecule has 8 heteroatoms. The van der Waals surface area contributed by atoms with Gasteiger partial charge >= 0.3 is 0 Å². The molecule has 1 spiro atoms. The molecule has 214 valence electrons. The minimum Gasteiger partial charge on any atom is -0.390 e. The quantitative estimate of drug-likeness (QED) is 0.580. The van der Waals surface area contributed by atoms with Crippen LogP contribution in [0.25, 0.3) is 0 Å². The van der Waals surface area contributed by atoms with Crippen molar-refractivity contribution in [1.29, 1.82) is 0 Å². The molecule has 2 aromatic carbocycles. The third-order valence-corrected chi connectivity index (χ3v) is 9.88. The van der Waals surface area contributed by atoms with Gasteiger partial charge in [-0.3, -0.25) is 9.59 Å². The van der Waals surface area contributed by atoms with Crippen molar-refractivity contribution in [3.63, 3.8) is 0 Å². The lowest BCUT2D eigenvalue weighted by Crippen LogP contribution is -2.50. The highest BCUT2D eigenvalue weighted by atomic mass is 16.5. The van der Waals surface area contributed by atoms with Crippen molar-refractivity contribution < 1.29 is 19.4 Å². The van der Waals surface area contributed by atoms with Gasteiger partial charge in [0.05, 0.1) is 23.5 Å². The van der Waals surface area contributed by atoms with Gasteiger partial charge < -0.3 is 29.9 Å². The van der Waals surface area contributed by atoms with Crippen molar-refractivity contribution in [3.8, 4) is 0 Å². The molecule has 0 bridgehead atoms. The fourth-order valence-electron chi connectivity index (χ4n) is 7.20. The number of carbonyl (C=O) groups excluding carboxylic acids is 2. The molecule has 1 aliphatic carbocycles. The Morgan fingerprint density at radius 1 is 1.07 bits per heavy atom. The third kappa shape index (κ3) is 5.13. The van der Waals surface area contributed by atoms with Crippen LogP contribution in [0.1, 0.15) is 64.4 Å². The number of carbonyl (C=O) groups is 2. The zero-order valence-corrected chi connectivity index (χ0v) is 23.8. The second-order valence-corrected chi connectivity index (χ2v) is 12.1. The maximum absolute atomic E-state index is 13.7. The molecule has 2 N–H and O–H groups in total. The zero-order chi connectivity index (χ0) is 27.9. The molecule has 40 heavy (non-hydrogen) atoms. The van der Waals surface area contributed by atoms with Crippen LogP contribution in [0.2, 0.25) is 0 Å². The van der Waals surface area contributed by atoms with Gasteiger partial charge in [0.1, 0.15) is 0 Å². The summed E-state index contributed by atoms with van der Waals surface area (Å²) in [6, 6.07) is 13.7. The Morgan fingerprint density at radius 3 is 2.52 bits per heavy atom. The second kappa shape index (κ2) is 11.1. The van der Waals surface area contributed by atoms with E-state index >= 15 is 0 Å². The van der Waals surface area contributed by atoms with Gasteiger partial charge in [0, 0.05) is 64.5 Å². The number of anilines is 1. The number of nitrogens with one attached hydrogen (secondary N) is 1. The molecule has 4 aliphatic rings. The smallest absolute Gasteiger partial charge is 0.256 e. The first-order valence-electron chi connectivity index (χ1n) is 14.9. The van der Waals surface area contributed by atoms with Gasteiger partial charge in [-0.25, -0.2) is 0 Å². The van der Waals surface area contributed by atoms with Gasteiger partial charge in [-0.1, -0.05) is 24.3 Å². The number of likely N-dealkylation sites (N-methyl/N-ethyl adjacent to an activating group) is 1. The minimum absolute atomic E-state index is 0.0453. The van der Waals surface area contributed by atoms with E-state index in [9.17, 15) is 14.7 Å². The van der Waals surface area contributed by atoms with Crippen LogP contribution in [0.4, 0.5) is 5.69 Å². The highest BCUT2D eigenvalue weighted by Crippen LogP contribution is 2.50. The van der Waals surface area contributed by atoms with Crippen LogP contribution in [0.15, 0.2) is 42.5 Å². The Labute approximate surface area is 237 Å². The molecular weight excluding hydrogens is 504 g/mol. The summed E-state index contributed by atoms with van der Waals surface area (Å²) in [4.78, 5) is 33.2. The number of fused-ring (bicyclic) bond motifs is 2. The number of aliphatic hydroxyl groups is 1. The largest absolute Gasteiger partial charge is 0.390 e. The number of β-amino-alcohol motifs (C(OH)–C–C–N with tert-alkyl or cyclic N) is 1. The van der Waals surface area contributed by atoms with Gasteiger partial charge in [0.15, 0.2) is 0 Å². The highest BCUT2D eigenvalue weighted by Gasteiger charge is 2.46. The summed E-state index contributed by atoms with van der Waals surface area (Å²) in [5.41, 5.74) is 4.92. The molecule has 0 aromatic heterocycles. The first kappa shape index (κ1) is 27.2. The number of ether oxygens (including phenoxy) is 1. The number of methoxy groups -OCH3 is 1. The molecule has 2 aromatic rings. The molecule has 8 nitrogen and oxygen atoms in total. The minimum atomic E-state index is -0.674. The molecule has 2 fully saturated rings. The summed E-state index contributed by atoms with van der Waals surface area (Å²) < 4.78 is 5.49. The Balaban J connectivity index is 1.14. The number of hydrogen-bond acceptors (Lipinski definition) is 6. The lowest BCUT2D eigenvalue weighted by molar-refractivity contribution is -0.0841. The monoisotopic (exact) mass is 546 g/mol. The van der Waals surface area contributed by atoms with Gasteiger partial charge in [0.25, 0.3) is 11.8 Å². The van der Waals surface area contributed by atoms with Crippen molar-refractivity contribution in [2.75, 3.05) is 51.3 Å². The molecule has 2 amide bonds. The number of nitrogens with zero attached hydrogens (tertiary/aromatic N) is 3. The third-order valence-electron chi connectivity index (χ3n) is 9.88. The summed E-state index contributed by atoms with van der Waals surface area (Å²) in [6.07, 6.45) is 4.71. The molecule has 1 saturated heterocycles. The van der Waals surface area contributed by atoms with Gasteiger partial charge in [0.2, 0.25) is 0 Å². The van der Waals surface area contributed by atoms with E-state index in [-0.39, 0.29) is 24.4 Å². The van der Waals surface area contributed by atoms with Gasteiger partial charge in [-0.2, -0.15) is 0 Å². The van der Waals surface area contributed by atoms with E-state index in [2.05, 4.69) is 29.3 Å². The average Bonchev–Trinajstić information content (AvgIpc) is 3.10. The Morgan fingerprint density at radius 2 is 1.80 bits per heavy atom. The fourth-order valence-corrected chi connectivity index (χ4v) is 7.20. The molecule has 3 heterocycles. The lowest BCUT2D eigenvalue weighted by Gasteiger charge is -2.51. The van der Waals surface area contributed by atoms with E-state index in [1.807, 2.05) is 29.2 Å². The predicted molar refractivity (Wildman–Crippen MR) is 155 cm³/mol. The summed E-state index contributed by atoms with van der Waals surface area (Å²) >= 11 is 0. The van der Waals surface area contributed by atoms with Crippen LogP contribution in [0.3, 0.4) is 0 Å². The zero-order valence-electron chi connectivity index (χ0n) is 23.8. The van der Waals surface area contributed by atoms with Crippen LogP contribution >= 0.6 is 0 Å². The first-order chi connectivity index (χ1) is 19.4. The number of likely N-dealkylation sites (tertiary alicyclic amines) is 1. The standard InChI is InChI=1S/C32H42N4O4/c1-3-34-14-15-36(21-29(37)27-16-22-6-4-5-7-24(22)20-33-27)31(39)26-9-8-23(17-28(26)34)30(38)35-12-10-32(11-13-35)18-25(19-32)40-2/h4-9,17,25,27,29,33,37H,3,10-16,18-21H2,1-2H3/t27-,29+/m0/s1. The number of benzene rings is 2. The summed E-state index contributed by atoms with van der Waals surface area (Å²) in [6.45, 7) is 6.54. The lowest BCUT2D eigenvalue weighted by atomic mass is 9.61. The topological polar surface area (TPSA) is 85.3 Å². The molecule has 3 aliphatic heterocycles. The Kier molecular flexibility index (Phi) is 7.59. The van der Waals surface area contributed by atoms with Crippen LogP contribution in [-0.4, -0.2) is 91.3 Å².